The van der Waals surface area contributed by atoms with Crippen LogP contribution in [0.5, 0.6) is 17.2 Å². The molecule has 6 nitrogen and oxygen atoms in total. The molecule has 0 aliphatic carbocycles. The van der Waals surface area contributed by atoms with Crippen molar-refractivity contribution in [2.75, 3.05) is 26.6 Å². The van der Waals surface area contributed by atoms with Crippen LogP contribution in [0, 0.1) is 6.92 Å². The molecule has 1 N–H and O–H groups in total. The minimum absolute atomic E-state index is 0.210. The Labute approximate surface area is 145 Å². The van der Waals surface area contributed by atoms with Gasteiger partial charge in [0.15, 0.2) is 11.5 Å². The first-order valence-corrected chi connectivity index (χ1v) is 7.77. The first-order valence-electron chi connectivity index (χ1n) is 7.77. The van der Waals surface area contributed by atoms with Gasteiger partial charge in [0.1, 0.15) is 5.69 Å². The molecule has 0 saturated carbocycles. The van der Waals surface area contributed by atoms with Crippen molar-refractivity contribution < 1.29 is 19.0 Å². The van der Waals surface area contributed by atoms with Gasteiger partial charge in [0.2, 0.25) is 5.75 Å². The van der Waals surface area contributed by atoms with Gasteiger partial charge < -0.3 is 23.9 Å². The monoisotopic (exact) mass is 340 g/mol. The van der Waals surface area contributed by atoms with E-state index in [1.165, 1.54) is 21.3 Å². The molecule has 0 fully saturated rings. The summed E-state index contributed by atoms with van der Waals surface area (Å²) in [7, 11) is 4.61. The molecular weight excluding hydrogens is 320 g/mol. The van der Waals surface area contributed by atoms with Gasteiger partial charge in [-0.15, -0.1) is 0 Å². The zero-order chi connectivity index (χ0) is 18.0. The second-order valence-electron chi connectivity index (χ2n) is 5.54. The molecule has 0 bridgehead atoms. The number of carbonyl (C=O) groups is 1. The second-order valence-corrected chi connectivity index (χ2v) is 5.54. The minimum Gasteiger partial charge on any atom is -0.493 e. The maximum Gasteiger partial charge on any atom is 0.272 e. The van der Waals surface area contributed by atoms with Crippen molar-refractivity contribution in [2.24, 2.45) is 0 Å². The minimum atomic E-state index is -0.210. The Morgan fingerprint density at radius 3 is 2.28 bits per heavy atom. The highest BCUT2D eigenvalue weighted by atomic mass is 16.5. The second kappa shape index (κ2) is 6.76. The highest BCUT2D eigenvalue weighted by molar-refractivity contribution is 6.05. The quantitative estimate of drug-likeness (QED) is 0.772. The summed E-state index contributed by atoms with van der Waals surface area (Å²) in [6.45, 7) is 1.91. The van der Waals surface area contributed by atoms with Crippen molar-refractivity contribution in [3.63, 3.8) is 0 Å². The van der Waals surface area contributed by atoms with Crippen LogP contribution in [-0.2, 0) is 0 Å². The fourth-order valence-corrected chi connectivity index (χ4v) is 2.89. The number of fused-ring (bicyclic) bond motifs is 1. The van der Waals surface area contributed by atoms with Crippen molar-refractivity contribution in [3.05, 3.63) is 53.9 Å². The van der Waals surface area contributed by atoms with Crippen LogP contribution in [0.3, 0.4) is 0 Å². The van der Waals surface area contributed by atoms with Gasteiger partial charge in [-0.25, -0.2) is 0 Å². The molecule has 0 atom stereocenters. The number of ether oxygens (including phenoxy) is 3. The number of nitrogens with zero attached hydrogens (tertiary/aromatic N) is 1. The topological polar surface area (TPSA) is 61.2 Å². The van der Waals surface area contributed by atoms with Gasteiger partial charge in [-0.05, 0) is 30.7 Å². The number of hydrogen-bond donors (Lipinski definition) is 1. The van der Waals surface area contributed by atoms with Crippen molar-refractivity contribution >= 4 is 17.1 Å². The molecule has 25 heavy (non-hydrogen) atoms. The molecule has 1 aromatic carbocycles. The van der Waals surface area contributed by atoms with E-state index in [4.69, 9.17) is 14.2 Å². The number of methoxy groups -OCH3 is 3. The van der Waals surface area contributed by atoms with Gasteiger partial charge in [-0.1, -0.05) is 6.07 Å². The normalized spacial score (nSPS) is 10.6. The lowest BCUT2D eigenvalue weighted by molar-refractivity contribution is 0.102. The molecule has 130 valence electrons. The van der Waals surface area contributed by atoms with Gasteiger partial charge in [-0.2, -0.15) is 0 Å². The van der Waals surface area contributed by atoms with E-state index in [2.05, 4.69) is 5.32 Å². The smallest absolute Gasteiger partial charge is 0.272 e. The molecule has 6 heteroatoms. The third kappa shape index (κ3) is 2.98. The van der Waals surface area contributed by atoms with E-state index >= 15 is 0 Å². The molecule has 0 aliphatic rings. The predicted octanol–water partition coefficient (Wildman–Crippen LogP) is 3.53. The van der Waals surface area contributed by atoms with Crippen LogP contribution < -0.4 is 19.5 Å². The third-order valence-electron chi connectivity index (χ3n) is 4.01. The SMILES string of the molecule is COc1cc(NC(=O)c2c(C)cc3ccccn23)cc(OC)c1OC. The summed E-state index contributed by atoms with van der Waals surface area (Å²) in [6.07, 6.45) is 1.87. The Balaban J connectivity index is 1.99. The Hall–Kier alpha value is -3.15. The van der Waals surface area contributed by atoms with Crippen LogP contribution in [0.15, 0.2) is 42.6 Å². The number of pyridine rings is 1. The largest absolute Gasteiger partial charge is 0.493 e. The Kier molecular flexibility index (Phi) is 4.52. The Bertz CT molecular complexity index is 905. The maximum atomic E-state index is 12.8. The van der Waals surface area contributed by atoms with Crippen LogP contribution in [0.1, 0.15) is 16.1 Å². The third-order valence-corrected chi connectivity index (χ3v) is 4.01. The lowest BCUT2D eigenvalue weighted by atomic mass is 10.2. The highest BCUT2D eigenvalue weighted by Crippen LogP contribution is 2.40. The molecule has 0 saturated heterocycles. The summed E-state index contributed by atoms with van der Waals surface area (Å²) in [6, 6.07) is 11.2. The van der Waals surface area contributed by atoms with E-state index in [0.29, 0.717) is 28.6 Å². The lowest BCUT2D eigenvalue weighted by Crippen LogP contribution is -2.15. The van der Waals surface area contributed by atoms with Crippen LogP contribution in [0.25, 0.3) is 5.52 Å². The zero-order valence-electron chi connectivity index (χ0n) is 14.6. The fraction of sp³-hybridized carbons (Fsp3) is 0.211. The van der Waals surface area contributed by atoms with Gasteiger partial charge in [0.25, 0.3) is 5.91 Å². The summed E-state index contributed by atoms with van der Waals surface area (Å²) < 4.78 is 17.8. The average molecular weight is 340 g/mol. The number of aromatic nitrogens is 1. The van der Waals surface area contributed by atoms with E-state index in [0.717, 1.165) is 11.1 Å². The van der Waals surface area contributed by atoms with Gasteiger partial charge >= 0.3 is 0 Å². The molecule has 2 aromatic heterocycles. The summed E-state index contributed by atoms with van der Waals surface area (Å²) in [5.41, 5.74) is 3.01. The standard InChI is InChI=1S/C19H20N2O4/c1-12-9-14-7-5-6-8-21(14)17(12)19(22)20-13-10-15(23-2)18(25-4)16(11-13)24-3/h5-11H,1-4H3,(H,20,22). The zero-order valence-corrected chi connectivity index (χ0v) is 14.6. The Morgan fingerprint density at radius 1 is 1.00 bits per heavy atom. The molecule has 0 radical (unpaired) electrons. The van der Waals surface area contributed by atoms with Crippen LogP contribution in [-0.4, -0.2) is 31.6 Å². The van der Waals surface area contributed by atoms with Crippen molar-refractivity contribution in [1.82, 2.24) is 4.40 Å². The molecule has 3 aromatic rings. The fourth-order valence-electron chi connectivity index (χ4n) is 2.89. The number of hydrogen-bond acceptors (Lipinski definition) is 4. The van der Waals surface area contributed by atoms with Crippen LogP contribution in [0.4, 0.5) is 5.69 Å². The number of nitrogens with one attached hydrogen (secondary N) is 1. The van der Waals surface area contributed by atoms with Crippen LogP contribution >= 0.6 is 0 Å². The average Bonchev–Trinajstić information content (AvgIpc) is 2.96. The number of anilines is 1. The lowest BCUT2D eigenvalue weighted by Gasteiger charge is -2.15. The number of rotatable bonds is 5. The van der Waals surface area contributed by atoms with Gasteiger partial charge in [-0.3, -0.25) is 4.79 Å². The number of carbonyl (C=O) groups excluding carboxylic acids is 1. The van der Waals surface area contributed by atoms with Crippen LogP contribution in [0.2, 0.25) is 0 Å². The highest BCUT2D eigenvalue weighted by Gasteiger charge is 2.18. The van der Waals surface area contributed by atoms with Gasteiger partial charge in [0.05, 0.1) is 21.3 Å². The molecule has 0 spiro atoms. The summed E-state index contributed by atoms with van der Waals surface area (Å²) in [5, 5.41) is 2.90. The van der Waals surface area contributed by atoms with Crippen molar-refractivity contribution in [1.29, 1.82) is 0 Å². The first kappa shape index (κ1) is 16.7. The summed E-state index contributed by atoms with van der Waals surface area (Å²) in [5.74, 6) is 1.23. The molecule has 1 amide bonds. The molecule has 3 rings (SSSR count). The first-order chi connectivity index (χ1) is 12.1. The molecule has 0 unspecified atom stereocenters. The Morgan fingerprint density at radius 2 is 1.68 bits per heavy atom. The molecule has 2 heterocycles. The van der Waals surface area contributed by atoms with E-state index in [9.17, 15) is 4.79 Å². The number of amides is 1. The van der Waals surface area contributed by atoms with E-state index in [1.807, 2.05) is 41.8 Å². The van der Waals surface area contributed by atoms with Crippen molar-refractivity contribution in [3.8, 4) is 17.2 Å². The number of aryl methyl sites for hydroxylation is 1. The van der Waals surface area contributed by atoms with E-state index in [1.54, 1.807) is 12.1 Å². The maximum absolute atomic E-state index is 12.8. The summed E-state index contributed by atoms with van der Waals surface area (Å²) >= 11 is 0. The van der Waals surface area contributed by atoms with E-state index in [-0.39, 0.29) is 5.91 Å². The number of benzene rings is 1. The van der Waals surface area contributed by atoms with Crippen molar-refractivity contribution in [2.45, 2.75) is 6.92 Å². The summed E-state index contributed by atoms with van der Waals surface area (Å²) in [4.78, 5) is 12.8. The molecular formula is C19H20N2O4. The predicted molar refractivity (Wildman–Crippen MR) is 96.2 cm³/mol. The van der Waals surface area contributed by atoms with E-state index < -0.39 is 0 Å². The molecule has 0 aliphatic heterocycles. The van der Waals surface area contributed by atoms with Gasteiger partial charge in [0, 0.05) is 29.5 Å².